The first-order valence-corrected chi connectivity index (χ1v) is 4.32. The Balaban J connectivity index is 4.16. The number of methoxy groups -OCH3 is 1. The Bertz CT molecular complexity index is 157. The normalized spacial score (nSPS) is 17.2. The fraction of sp³-hybridized carbons (Fsp3) is 0.700. The minimum absolute atomic E-state index is 0.222. The third kappa shape index (κ3) is 3.67. The number of hydrogen-bond donors (Lipinski definition) is 0. The highest BCUT2D eigenvalue weighted by molar-refractivity contribution is 5.72. The van der Waals surface area contributed by atoms with Crippen LogP contribution in [-0.2, 0) is 9.53 Å². The first kappa shape index (κ1) is 11.4. The van der Waals surface area contributed by atoms with E-state index in [4.69, 9.17) is 4.74 Å². The van der Waals surface area contributed by atoms with E-state index < -0.39 is 0 Å². The zero-order chi connectivity index (χ0) is 9.56. The molecule has 0 rings (SSSR count). The molecule has 0 saturated heterocycles. The molecule has 12 heavy (non-hydrogen) atoms. The number of carbonyl (C=O) groups excluding carboxylic acids is 1. The average Bonchev–Trinajstić information content (AvgIpc) is 2.06. The van der Waals surface area contributed by atoms with Crippen LogP contribution in [0.15, 0.2) is 11.6 Å². The maximum atomic E-state index is 10.3. The van der Waals surface area contributed by atoms with Gasteiger partial charge >= 0.3 is 0 Å². The summed E-state index contributed by atoms with van der Waals surface area (Å²) in [7, 11) is 1.70. The molecule has 0 N–H and O–H groups in total. The van der Waals surface area contributed by atoms with Crippen LogP contribution in [0.5, 0.6) is 0 Å². The number of carbonyl (C=O) groups is 1. The van der Waals surface area contributed by atoms with Crippen molar-refractivity contribution in [2.45, 2.75) is 33.3 Å². The molecule has 0 saturated carbocycles. The van der Waals surface area contributed by atoms with E-state index in [0.717, 1.165) is 18.3 Å². The molecule has 0 aliphatic carbocycles. The fourth-order valence-corrected chi connectivity index (χ4v) is 1.31. The van der Waals surface area contributed by atoms with E-state index in [1.807, 2.05) is 13.0 Å². The Morgan fingerprint density at radius 1 is 1.58 bits per heavy atom. The molecule has 2 atom stereocenters. The van der Waals surface area contributed by atoms with Crippen molar-refractivity contribution in [2.24, 2.45) is 5.92 Å². The van der Waals surface area contributed by atoms with Crippen molar-refractivity contribution in [3.05, 3.63) is 11.6 Å². The van der Waals surface area contributed by atoms with Gasteiger partial charge in [0.25, 0.3) is 0 Å². The molecule has 0 aromatic rings. The molecule has 0 radical (unpaired) electrons. The molecule has 2 nitrogen and oxygen atoms in total. The standard InChI is InChI=1S/C10H18O2/c1-5-10(12-4)9(3)6-8(2)7-11/h6-7,9-10H,5H2,1-4H3. The number of ether oxygens (including phenoxy) is 1. The molecular weight excluding hydrogens is 152 g/mol. The van der Waals surface area contributed by atoms with Gasteiger partial charge in [-0.05, 0) is 18.9 Å². The third-order valence-corrected chi connectivity index (χ3v) is 2.00. The van der Waals surface area contributed by atoms with Crippen LogP contribution in [0.1, 0.15) is 27.2 Å². The van der Waals surface area contributed by atoms with Gasteiger partial charge in [0.05, 0.1) is 6.10 Å². The lowest BCUT2D eigenvalue weighted by Crippen LogP contribution is -2.17. The van der Waals surface area contributed by atoms with Gasteiger partial charge in [0, 0.05) is 13.0 Å². The zero-order valence-corrected chi connectivity index (χ0v) is 8.33. The summed E-state index contributed by atoms with van der Waals surface area (Å²) in [6, 6.07) is 0. The van der Waals surface area contributed by atoms with Gasteiger partial charge in [0.1, 0.15) is 6.29 Å². The molecule has 0 amide bonds. The lowest BCUT2D eigenvalue weighted by Gasteiger charge is -2.18. The maximum Gasteiger partial charge on any atom is 0.145 e. The first-order valence-electron chi connectivity index (χ1n) is 4.32. The van der Waals surface area contributed by atoms with E-state index >= 15 is 0 Å². The highest BCUT2D eigenvalue weighted by Crippen LogP contribution is 2.13. The Kier molecular flexibility index (Phi) is 5.64. The highest BCUT2D eigenvalue weighted by atomic mass is 16.5. The fourth-order valence-electron chi connectivity index (χ4n) is 1.31. The summed E-state index contributed by atoms with van der Waals surface area (Å²) in [6.07, 6.45) is 4.02. The summed E-state index contributed by atoms with van der Waals surface area (Å²) in [5.74, 6) is 0.310. The van der Waals surface area contributed by atoms with Gasteiger partial charge in [-0.1, -0.05) is 19.9 Å². The molecule has 2 unspecified atom stereocenters. The molecule has 0 bridgehead atoms. The molecule has 0 heterocycles. The highest BCUT2D eigenvalue weighted by Gasteiger charge is 2.11. The SMILES string of the molecule is CCC(OC)C(C)C=C(C)C=O. The Labute approximate surface area is 74.6 Å². The molecule has 0 aromatic heterocycles. The van der Waals surface area contributed by atoms with Gasteiger partial charge in [0.15, 0.2) is 0 Å². The summed E-state index contributed by atoms with van der Waals surface area (Å²) >= 11 is 0. The van der Waals surface area contributed by atoms with Crippen molar-refractivity contribution in [1.29, 1.82) is 0 Å². The van der Waals surface area contributed by atoms with E-state index in [9.17, 15) is 4.79 Å². The predicted molar refractivity (Wildman–Crippen MR) is 50.1 cm³/mol. The van der Waals surface area contributed by atoms with Crippen LogP contribution in [-0.4, -0.2) is 19.5 Å². The predicted octanol–water partition coefficient (Wildman–Crippen LogP) is 2.19. The van der Waals surface area contributed by atoms with Gasteiger partial charge in [-0.2, -0.15) is 0 Å². The van der Waals surface area contributed by atoms with Gasteiger partial charge in [-0.25, -0.2) is 0 Å². The molecular formula is C10H18O2. The van der Waals surface area contributed by atoms with Crippen LogP contribution < -0.4 is 0 Å². The Morgan fingerprint density at radius 3 is 2.50 bits per heavy atom. The van der Waals surface area contributed by atoms with Crippen LogP contribution in [0.3, 0.4) is 0 Å². The second-order valence-corrected chi connectivity index (χ2v) is 3.07. The summed E-state index contributed by atoms with van der Waals surface area (Å²) in [6.45, 7) is 5.95. The Morgan fingerprint density at radius 2 is 2.17 bits per heavy atom. The second kappa shape index (κ2) is 5.95. The molecule has 2 heteroatoms. The van der Waals surface area contributed by atoms with Crippen molar-refractivity contribution in [2.75, 3.05) is 7.11 Å². The van der Waals surface area contributed by atoms with Crippen LogP contribution in [0.2, 0.25) is 0 Å². The number of rotatable bonds is 5. The molecule has 0 aromatic carbocycles. The first-order chi connectivity index (χ1) is 5.65. The number of hydrogen-bond acceptors (Lipinski definition) is 2. The second-order valence-electron chi connectivity index (χ2n) is 3.07. The zero-order valence-electron chi connectivity index (χ0n) is 8.33. The monoisotopic (exact) mass is 170 g/mol. The smallest absolute Gasteiger partial charge is 0.145 e. The number of allylic oxidation sites excluding steroid dienone is 1. The van der Waals surface area contributed by atoms with E-state index in [0.29, 0.717) is 5.92 Å². The summed E-state index contributed by atoms with van der Waals surface area (Å²) in [4.78, 5) is 10.3. The largest absolute Gasteiger partial charge is 0.381 e. The quantitative estimate of drug-likeness (QED) is 0.467. The van der Waals surface area contributed by atoms with Crippen molar-refractivity contribution in [3.8, 4) is 0 Å². The molecule has 0 aliphatic rings. The van der Waals surface area contributed by atoms with Gasteiger partial charge in [-0.15, -0.1) is 0 Å². The Hall–Kier alpha value is -0.630. The van der Waals surface area contributed by atoms with Crippen molar-refractivity contribution >= 4 is 6.29 Å². The minimum atomic E-state index is 0.222. The van der Waals surface area contributed by atoms with E-state index in [2.05, 4.69) is 13.8 Å². The van der Waals surface area contributed by atoms with Gasteiger partial charge in [-0.3, -0.25) is 4.79 Å². The average molecular weight is 170 g/mol. The lowest BCUT2D eigenvalue weighted by molar-refractivity contribution is -0.104. The molecule has 70 valence electrons. The molecule has 0 spiro atoms. The third-order valence-electron chi connectivity index (χ3n) is 2.00. The van der Waals surface area contributed by atoms with E-state index in [1.54, 1.807) is 7.11 Å². The summed E-state index contributed by atoms with van der Waals surface area (Å²) in [5.41, 5.74) is 0.776. The van der Waals surface area contributed by atoms with Crippen LogP contribution in [0.25, 0.3) is 0 Å². The summed E-state index contributed by atoms with van der Waals surface area (Å²) in [5, 5.41) is 0. The topological polar surface area (TPSA) is 26.3 Å². The van der Waals surface area contributed by atoms with Crippen molar-refractivity contribution in [3.63, 3.8) is 0 Å². The van der Waals surface area contributed by atoms with Crippen molar-refractivity contribution in [1.82, 2.24) is 0 Å². The van der Waals surface area contributed by atoms with Crippen LogP contribution in [0, 0.1) is 5.92 Å². The maximum absolute atomic E-state index is 10.3. The van der Waals surface area contributed by atoms with E-state index in [-0.39, 0.29) is 6.10 Å². The minimum Gasteiger partial charge on any atom is -0.381 e. The van der Waals surface area contributed by atoms with Gasteiger partial charge < -0.3 is 4.74 Å². The molecule has 0 aliphatic heterocycles. The van der Waals surface area contributed by atoms with Gasteiger partial charge in [0.2, 0.25) is 0 Å². The lowest BCUT2D eigenvalue weighted by atomic mass is 10.00. The van der Waals surface area contributed by atoms with Crippen LogP contribution in [0.4, 0.5) is 0 Å². The van der Waals surface area contributed by atoms with E-state index in [1.165, 1.54) is 0 Å². The molecule has 0 fully saturated rings. The van der Waals surface area contributed by atoms with Crippen LogP contribution >= 0.6 is 0 Å². The number of aldehydes is 1. The summed E-state index contributed by atoms with van der Waals surface area (Å²) < 4.78 is 5.25. The van der Waals surface area contributed by atoms with Crippen molar-refractivity contribution < 1.29 is 9.53 Å².